The number of benzene rings is 7. The molecular formula is C92H130N4O11. The van der Waals surface area contributed by atoms with Crippen LogP contribution in [-0.4, -0.2) is 91.4 Å². The Morgan fingerprint density at radius 1 is 0.327 bits per heavy atom. The number of hydrogen-bond acceptors (Lipinski definition) is 14. The zero-order valence-corrected chi connectivity index (χ0v) is 69.4. The van der Waals surface area contributed by atoms with Crippen molar-refractivity contribution in [3.05, 3.63) is 210 Å². The Kier molecular flexibility index (Phi) is 35.8. The van der Waals surface area contributed by atoms with E-state index in [0.717, 1.165) is 63.1 Å². The lowest BCUT2D eigenvalue weighted by Gasteiger charge is -2.19. The fraction of sp³-hybridized carbons (Fsp3) is 0.467. The van der Waals surface area contributed by atoms with Gasteiger partial charge in [0.1, 0.15) is 61.8 Å². The SMILES string of the molecule is CC(C)(C)C(=O)COCCOc1ccc(-c2ccc(C(C)(C)C)cc2)cc1.CC(C)(C)C(=O)COCCOc1ccc(-c2ccc(C(C)(C)C)cc2)cc1.CC(C)(C)C(=O)COCc1ccc(Oc2ccc(C(C)(C)C)cc2)cc1.CC(C)(C)OCCn1ccc(-c2ccc(CC(=O)C(C)(C)C)cc2)n1.N.N. The first-order valence-electron chi connectivity index (χ1n) is 36.9. The van der Waals surface area contributed by atoms with Gasteiger partial charge in [0.15, 0.2) is 17.3 Å². The molecule has 0 aliphatic carbocycles. The summed E-state index contributed by atoms with van der Waals surface area (Å²) in [5.74, 6) is 3.76. The van der Waals surface area contributed by atoms with Crippen LogP contribution in [0, 0.1) is 21.7 Å². The summed E-state index contributed by atoms with van der Waals surface area (Å²) in [5.41, 5.74) is 11.7. The van der Waals surface area contributed by atoms with Crippen molar-refractivity contribution >= 4 is 23.1 Å². The second-order valence-corrected chi connectivity index (χ2v) is 35.0. The zero-order chi connectivity index (χ0) is 78.2. The molecule has 0 radical (unpaired) electrons. The predicted molar refractivity (Wildman–Crippen MR) is 440 cm³/mol. The van der Waals surface area contributed by atoms with E-state index < -0.39 is 0 Å². The maximum atomic E-state index is 12.1. The number of ether oxygens (including phenoxy) is 7. The quantitative estimate of drug-likeness (QED) is 0.0482. The maximum Gasteiger partial charge on any atom is 0.163 e. The van der Waals surface area contributed by atoms with Gasteiger partial charge in [-0.05, 0) is 142 Å². The third-order valence-electron chi connectivity index (χ3n) is 17.2. The highest BCUT2D eigenvalue weighted by atomic mass is 16.5. The van der Waals surface area contributed by atoms with Crippen molar-refractivity contribution < 1.29 is 52.3 Å². The van der Waals surface area contributed by atoms with Crippen molar-refractivity contribution in [3.8, 4) is 56.5 Å². The van der Waals surface area contributed by atoms with Crippen LogP contribution in [-0.2, 0) is 73.9 Å². The van der Waals surface area contributed by atoms with Gasteiger partial charge in [-0.3, -0.25) is 23.9 Å². The molecule has 0 unspecified atom stereocenters. The number of hydrogen-bond donors (Lipinski definition) is 2. The van der Waals surface area contributed by atoms with E-state index in [2.05, 4.69) is 152 Å². The van der Waals surface area contributed by atoms with E-state index in [1.807, 2.05) is 206 Å². The average molecular weight is 1470 g/mol. The van der Waals surface area contributed by atoms with Crippen LogP contribution in [0.3, 0.4) is 0 Å². The third kappa shape index (κ3) is 34.2. The second-order valence-electron chi connectivity index (χ2n) is 35.0. The second kappa shape index (κ2) is 41.2. The number of carbonyl (C=O) groups is 4. The number of aromatic nitrogens is 2. The first-order valence-corrected chi connectivity index (χ1v) is 36.9. The summed E-state index contributed by atoms with van der Waals surface area (Å²) in [4.78, 5) is 47.5. The van der Waals surface area contributed by atoms with Crippen LogP contribution in [0.1, 0.15) is 194 Å². The van der Waals surface area contributed by atoms with Gasteiger partial charge in [-0.15, -0.1) is 0 Å². The van der Waals surface area contributed by atoms with Gasteiger partial charge in [-0.25, -0.2) is 0 Å². The number of ketones is 4. The lowest BCUT2D eigenvalue weighted by atomic mass is 9.86. The molecule has 7 aromatic carbocycles. The summed E-state index contributed by atoms with van der Waals surface area (Å²) in [6.07, 6.45) is 2.45. The van der Waals surface area contributed by atoms with Crippen molar-refractivity contribution in [3.63, 3.8) is 0 Å². The van der Waals surface area contributed by atoms with E-state index >= 15 is 0 Å². The summed E-state index contributed by atoms with van der Waals surface area (Å²) in [6, 6.07) is 59.6. The maximum absolute atomic E-state index is 12.1. The molecule has 15 nitrogen and oxygen atoms in total. The summed E-state index contributed by atoms with van der Waals surface area (Å²) in [6.45, 7) is 52.9. The van der Waals surface area contributed by atoms with E-state index in [0.29, 0.717) is 46.1 Å². The lowest BCUT2D eigenvalue weighted by molar-refractivity contribution is -0.132. The molecule has 107 heavy (non-hydrogen) atoms. The van der Waals surface area contributed by atoms with E-state index in [9.17, 15) is 19.2 Å². The van der Waals surface area contributed by atoms with Gasteiger partial charge in [-0.1, -0.05) is 267 Å². The Hall–Kier alpha value is -8.41. The molecule has 0 fully saturated rings. The fourth-order valence-electron chi connectivity index (χ4n) is 9.63. The summed E-state index contributed by atoms with van der Waals surface area (Å²) in [7, 11) is 0. The molecule has 0 atom stereocenters. The standard InChI is InChI=1S/2C24H32O3.C23H30O3.C21H30N2O2.2H3N/c2*1-23(2,3)20-11-7-18(8-12-20)19-9-13-21(14-10-19)27-16-15-26-17-22(25)24(4,5)6;1-22(2,3)18-9-13-20(14-10-18)26-19-11-7-17(8-12-19)15-25-16-21(24)23(4,5)6;1-20(2,3)19(24)15-16-7-9-17(10-8-16)18-11-12-23(22-18)13-14-25-21(4,5)6;;/h2*7-14H,15-17H2,1-6H3;7-14H,15-16H2,1-6H3;7-12H,13-15H2,1-6H3;2*1H3. The van der Waals surface area contributed by atoms with Gasteiger partial charge < -0.3 is 45.5 Å². The van der Waals surface area contributed by atoms with Crippen LogP contribution in [0.5, 0.6) is 23.0 Å². The fourth-order valence-corrected chi connectivity index (χ4v) is 9.63. The molecule has 0 bridgehead atoms. The number of rotatable bonds is 26. The Morgan fingerprint density at radius 2 is 0.636 bits per heavy atom. The highest BCUT2D eigenvalue weighted by Crippen LogP contribution is 2.32. The molecule has 15 heteroatoms. The van der Waals surface area contributed by atoms with Crippen molar-refractivity contribution in [1.82, 2.24) is 22.1 Å². The lowest BCUT2D eigenvalue weighted by Crippen LogP contribution is -2.25. The minimum atomic E-state index is -0.361. The molecule has 1 aromatic heterocycles. The molecule has 8 aromatic rings. The number of Topliss-reactive ketones (excluding diaryl/α,β-unsaturated/α-hetero) is 4. The molecule has 584 valence electrons. The third-order valence-corrected chi connectivity index (χ3v) is 17.2. The Balaban J connectivity index is 0.000000368. The minimum Gasteiger partial charge on any atom is -0.491 e. The van der Waals surface area contributed by atoms with Crippen LogP contribution >= 0.6 is 0 Å². The Bertz CT molecular complexity index is 3800. The summed E-state index contributed by atoms with van der Waals surface area (Å²) >= 11 is 0. The smallest absolute Gasteiger partial charge is 0.163 e. The first-order chi connectivity index (χ1) is 48.7. The van der Waals surface area contributed by atoms with Gasteiger partial charge in [-0.2, -0.15) is 5.10 Å². The molecule has 0 aliphatic rings. The Morgan fingerprint density at radius 3 is 0.981 bits per heavy atom. The Labute approximate surface area is 642 Å². The highest BCUT2D eigenvalue weighted by Gasteiger charge is 2.25. The van der Waals surface area contributed by atoms with Gasteiger partial charge in [0.25, 0.3) is 0 Å². The van der Waals surface area contributed by atoms with Crippen molar-refractivity contribution in [1.29, 1.82) is 0 Å². The van der Waals surface area contributed by atoms with Gasteiger partial charge in [0, 0.05) is 39.8 Å². The van der Waals surface area contributed by atoms with Crippen LogP contribution in [0.15, 0.2) is 182 Å². The van der Waals surface area contributed by atoms with E-state index in [1.54, 1.807) is 0 Å². The molecule has 6 N–H and O–H groups in total. The normalized spacial score (nSPS) is 11.9. The first kappa shape index (κ1) is 92.8. The molecule has 0 amide bonds. The summed E-state index contributed by atoms with van der Waals surface area (Å²) in [5, 5.41) is 4.60. The van der Waals surface area contributed by atoms with Crippen molar-refractivity contribution in [2.75, 3.05) is 52.9 Å². The van der Waals surface area contributed by atoms with Gasteiger partial charge in [0.2, 0.25) is 0 Å². The summed E-state index contributed by atoms with van der Waals surface area (Å²) < 4.78 is 41.2. The largest absolute Gasteiger partial charge is 0.491 e. The van der Waals surface area contributed by atoms with Crippen LogP contribution in [0.4, 0.5) is 0 Å². The highest BCUT2D eigenvalue weighted by molar-refractivity contribution is 5.86. The van der Waals surface area contributed by atoms with Gasteiger partial charge in [0.05, 0.1) is 44.3 Å². The molecule has 8 rings (SSSR count). The predicted octanol–water partition coefficient (Wildman–Crippen LogP) is 22.1. The van der Waals surface area contributed by atoms with Crippen LogP contribution in [0.2, 0.25) is 0 Å². The van der Waals surface area contributed by atoms with Gasteiger partial charge >= 0.3 is 0 Å². The monoisotopic (exact) mass is 1470 g/mol. The molecule has 0 saturated heterocycles. The molecular weight excluding hydrogens is 1340 g/mol. The molecule has 1 heterocycles. The van der Waals surface area contributed by atoms with Crippen LogP contribution in [0.25, 0.3) is 33.5 Å². The van der Waals surface area contributed by atoms with E-state index in [-0.39, 0.29) is 98.8 Å². The number of carbonyl (C=O) groups excluding carboxylic acids is 4. The zero-order valence-electron chi connectivity index (χ0n) is 69.4. The minimum absolute atomic E-state index is 0. The van der Waals surface area contributed by atoms with Crippen molar-refractivity contribution in [2.24, 2.45) is 21.7 Å². The van der Waals surface area contributed by atoms with Crippen LogP contribution < -0.4 is 26.5 Å². The van der Waals surface area contributed by atoms with E-state index in [1.165, 1.54) is 27.8 Å². The van der Waals surface area contributed by atoms with Crippen molar-refractivity contribution in [2.45, 2.75) is 208 Å². The topological polar surface area (TPSA) is 221 Å². The number of nitrogens with zero attached hydrogens (tertiary/aromatic N) is 2. The molecule has 0 spiro atoms. The molecule has 0 saturated carbocycles. The average Bonchev–Trinajstić information content (AvgIpc) is 1.55. The molecule has 0 aliphatic heterocycles. The van der Waals surface area contributed by atoms with E-state index in [4.69, 9.17) is 33.2 Å².